The first kappa shape index (κ1) is 17.9. The molecule has 5 heteroatoms. The molecule has 24 heavy (non-hydrogen) atoms. The van der Waals surface area contributed by atoms with E-state index in [0.29, 0.717) is 18.6 Å². The van der Waals surface area contributed by atoms with Crippen molar-refractivity contribution >= 4 is 0 Å². The van der Waals surface area contributed by atoms with Gasteiger partial charge in [0.25, 0.3) is 0 Å². The number of rotatable bonds is 7. The van der Waals surface area contributed by atoms with E-state index in [0.717, 1.165) is 25.6 Å². The molecule has 1 aromatic rings. The average molecular weight is 335 g/mol. The van der Waals surface area contributed by atoms with E-state index in [2.05, 4.69) is 23.0 Å². The maximum atomic E-state index is 9.19. The first-order valence-corrected chi connectivity index (χ1v) is 9.74. The molecule has 3 atom stereocenters. The molecule has 0 radical (unpaired) electrons. The highest BCUT2D eigenvalue weighted by molar-refractivity contribution is 5.10. The highest BCUT2D eigenvalue weighted by Crippen LogP contribution is 2.28. The maximum absolute atomic E-state index is 9.19. The van der Waals surface area contributed by atoms with E-state index in [1.165, 1.54) is 50.8 Å². The smallest absolute Gasteiger partial charge is 0.0644 e. The summed E-state index contributed by atoms with van der Waals surface area (Å²) in [6.45, 7) is 7.24. The zero-order chi connectivity index (χ0) is 16.8. The van der Waals surface area contributed by atoms with Crippen molar-refractivity contribution in [2.75, 3.05) is 32.8 Å². The number of hydrogen-bond acceptors (Lipinski definition) is 4. The number of aromatic nitrogens is 2. The third-order valence-electron chi connectivity index (χ3n) is 5.76. The summed E-state index contributed by atoms with van der Waals surface area (Å²) in [7, 11) is 0. The quantitative estimate of drug-likeness (QED) is 0.832. The zero-order valence-electron chi connectivity index (χ0n) is 15.1. The van der Waals surface area contributed by atoms with E-state index >= 15 is 0 Å². The number of nitrogens with zero attached hydrogens (tertiary/aromatic N) is 3. The molecule has 1 aromatic heterocycles. The Hall–Kier alpha value is -0.910. The minimum absolute atomic E-state index is 0.151. The van der Waals surface area contributed by atoms with Crippen LogP contribution in [-0.4, -0.2) is 58.7 Å². The van der Waals surface area contributed by atoms with Crippen LogP contribution in [0.15, 0.2) is 12.3 Å². The number of hydrogen-bond donors (Lipinski definition) is 1. The second-order valence-corrected chi connectivity index (χ2v) is 7.51. The molecule has 1 aliphatic heterocycles. The largest absolute Gasteiger partial charge is 0.394 e. The van der Waals surface area contributed by atoms with E-state index in [1.54, 1.807) is 0 Å². The summed E-state index contributed by atoms with van der Waals surface area (Å²) in [4.78, 5) is 2.54. The van der Waals surface area contributed by atoms with Crippen LogP contribution in [-0.2, 0) is 11.3 Å². The van der Waals surface area contributed by atoms with Crippen molar-refractivity contribution in [3.63, 3.8) is 0 Å². The van der Waals surface area contributed by atoms with E-state index < -0.39 is 0 Å². The lowest BCUT2D eigenvalue weighted by molar-refractivity contribution is -0.0160. The van der Waals surface area contributed by atoms with Crippen molar-refractivity contribution in [3.8, 4) is 0 Å². The topological polar surface area (TPSA) is 50.5 Å². The second-order valence-electron chi connectivity index (χ2n) is 7.51. The van der Waals surface area contributed by atoms with Crippen LogP contribution in [0, 0.1) is 5.92 Å². The van der Waals surface area contributed by atoms with Gasteiger partial charge in [0.05, 0.1) is 25.9 Å². The van der Waals surface area contributed by atoms with Crippen LogP contribution < -0.4 is 0 Å². The van der Waals surface area contributed by atoms with Crippen molar-refractivity contribution in [3.05, 3.63) is 18.0 Å². The lowest BCUT2D eigenvalue weighted by Crippen LogP contribution is -2.38. The molecule has 5 nitrogen and oxygen atoms in total. The summed E-state index contributed by atoms with van der Waals surface area (Å²) < 4.78 is 8.16. The Balaban J connectivity index is 1.46. The molecule has 1 aliphatic carbocycles. The number of aliphatic hydroxyl groups is 1. The molecule has 1 saturated heterocycles. The summed E-state index contributed by atoms with van der Waals surface area (Å²) in [5.74, 6) is 1.25. The van der Waals surface area contributed by atoms with Gasteiger partial charge in [0.2, 0.25) is 0 Å². The van der Waals surface area contributed by atoms with Crippen LogP contribution in [0.3, 0.4) is 0 Å². The minimum Gasteiger partial charge on any atom is -0.394 e. The highest BCUT2D eigenvalue weighted by atomic mass is 16.5. The van der Waals surface area contributed by atoms with Gasteiger partial charge in [-0.05, 0) is 44.2 Å². The lowest BCUT2D eigenvalue weighted by atomic mass is 9.88. The Morgan fingerprint density at radius 2 is 2.08 bits per heavy atom. The molecule has 2 heterocycles. The van der Waals surface area contributed by atoms with Crippen molar-refractivity contribution in [2.24, 2.45) is 5.92 Å². The van der Waals surface area contributed by atoms with Crippen molar-refractivity contribution in [1.82, 2.24) is 14.7 Å². The Kier molecular flexibility index (Phi) is 6.69. The molecule has 0 aromatic carbocycles. The van der Waals surface area contributed by atoms with Crippen LogP contribution in [0.2, 0.25) is 0 Å². The molecule has 0 bridgehead atoms. The summed E-state index contributed by atoms with van der Waals surface area (Å²) >= 11 is 0. The van der Waals surface area contributed by atoms with Gasteiger partial charge < -0.3 is 14.7 Å². The molecule has 1 N–H and O–H groups in total. The van der Waals surface area contributed by atoms with Crippen LogP contribution in [0.1, 0.15) is 57.1 Å². The predicted molar refractivity (Wildman–Crippen MR) is 95.1 cm³/mol. The molecule has 0 unspecified atom stereocenters. The molecule has 1 saturated carbocycles. The van der Waals surface area contributed by atoms with Crippen LogP contribution in [0.25, 0.3) is 0 Å². The third-order valence-corrected chi connectivity index (χ3v) is 5.76. The van der Waals surface area contributed by atoms with Gasteiger partial charge in [-0.25, -0.2) is 0 Å². The normalized spacial score (nSPS) is 29.0. The molecule has 136 valence electrons. The lowest BCUT2D eigenvalue weighted by Gasteiger charge is -2.34. The summed E-state index contributed by atoms with van der Waals surface area (Å²) in [5, 5.41) is 13.5. The molecule has 0 spiro atoms. The SMILES string of the molecule is C[C@@H]1CCCC[C@@H]1OCCN1CCC[C@H](c2ccnn2CCO)C1. The molecule has 3 rings (SSSR count). The summed E-state index contributed by atoms with van der Waals surface area (Å²) in [6.07, 6.45) is 10.0. The molecular weight excluding hydrogens is 302 g/mol. The second kappa shape index (κ2) is 8.97. The molecule has 2 fully saturated rings. The van der Waals surface area contributed by atoms with E-state index in [-0.39, 0.29) is 6.61 Å². The Bertz CT molecular complexity index is 491. The van der Waals surface area contributed by atoms with Gasteiger partial charge >= 0.3 is 0 Å². The standard InChI is InChI=1S/C19H33N3O2/c1-16-5-2-3-7-19(16)24-14-12-21-10-4-6-17(15-21)18-8-9-20-22(18)11-13-23/h8-9,16-17,19,23H,2-7,10-15H2,1H3/t16-,17+,19+/m1/s1. The van der Waals surface area contributed by atoms with Crippen LogP contribution >= 0.6 is 0 Å². The highest BCUT2D eigenvalue weighted by Gasteiger charge is 2.25. The van der Waals surface area contributed by atoms with Gasteiger partial charge in [-0.2, -0.15) is 5.10 Å². The number of ether oxygens (including phenoxy) is 1. The van der Waals surface area contributed by atoms with Crippen molar-refractivity contribution < 1.29 is 9.84 Å². The fourth-order valence-electron chi connectivity index (χ4n) is 4.33. The van der Waals surface area contributed by atoms with Gasteiger partial charge in [-0.3, -0.25) is 4.68 Å². The van der Waals surface area contributed by atoms with Crippen LogP contribution in [0.4, 0.5) is 0 Å². The zero-order valence-corrected chi connectivity index (χ0v) is 15.1. The number of aliphatic hydroxyl groups excluding tert-OH is 1. The Labute approximate surface area is 146 Å². The van der Waals surface area contributed by atoms with Crippen molar-refractivity contribution in [2.45, 2.75) is 64.0 Å². The predicted octanol–water partition coefficient (Wildman–Crippen LogP) is 2.65. The summed E-state index contributed by atoms with van der Waals surface area (Å²) in [6, 6.07) is 2.12. The van der Waals surface area contributed by atoms with Gasteiger partial charge in [-0.1, -0.05) is 19.8 Å². The minimum atomic E-state index is 0.151. The van der Waals surface area contributed by atoms with Gasteiger partial charge in [-0.15, -0.1) is 0 Å². The van der Waals surface area contributed by atoms with Gasteiger partial charge in [0, 0.05) is 30.9 Å². The molecular formula is C19H33N3O2. The first-order chi connectivity index (χ1) is 11.8. The van der Waals surface area contributed by atoms with Gasteiger partial charge in [0.15, 0.2) is 0 Å². The Morgan fingerprint density at radius 3 is 2.92 bits per heavy atom. The number of likely N-dealkylation sites (tertiary alicyclic amines) is 1. The van der Waals surface area contributed by atoms with E-state index in [1.807, 2.05) is 10.9 Å². The van der Waals surface area contributed by atoms with Crippen LogP contribution in [0.5, 0.6) is 0 Å². The fraction of sp³-hybridized carbons (Fsp3) is 0.842. The molecule has 0 amide bonds. The first-order valence-electron chi connectivity index (χ1n) is 9.74. The maximum Gasteiger partial charge on any atom is 0.0644 e. The molecule has 2 aliphatic rings. The third kappa shape index (κ3) is 4.58. The van der Waals surface area contributed by atoms with Crippen molar-refractivity contribution in [1.29, 1.82) is 0 Å². The van der Waals surface area contributed by atoms with Gasteiger partial charge in [0.1, 0.15) is 0 Å². The van der Waals surface area contributed by atoms with E-state index in [9.17, 15) is 5.11 Å². The summed E-state index contributed by atoms with van der Waals surface area (Å²) in [5.41, 5.74) is 1.27. The monoisotopic (exact) mass is 335 g/mol. The Morgan fingerprint density at radius 1 is 1.21 bits per heavy atom. The van der Waals surface area contributed by atoms with E-state index in [4.69, 9.17) is 4.74 Å². The fourth-order valence-corrected chi connectivity index (χ4v) is 4.33. The average Bonchev–Trinajstić information content (AvgIpc) is 3.06. The number of piperidine rings is 1.